The molecule has 21 heavy (non-hydrogen) atoms. The molecule has 0 atom stereocenters. The van der Waals surface area contributed by atoms with E-state index in [0.29, 0.717) is 10.5 Å². The molecule has 3 rings (SSSR count). The van der Waals surface area contributed by atoms with Crippen LogP contribution in [0.4, 0.5) is 0 Å². The summed E-state index contributed by atoms with van der Waals surface area (Å²) < 4.78 is 6.30. The molecular formula is C18H14O2S. The summed E-state index contributed by atoms with van der Waals surface area (Å²) in [5.74, 6) is 0.683. The summed E-state index contributed by atoms with van der Waals surface area (Å²) in [6, 6.07) is 17.3. The molecule has 0 aliphatic rings. The zero-order valence-electron chi connectivity index (χ0n) is 11.6. The van der Waals surface area contributed by atoms with Gasteiger partial charge >= 0.3 is 0 Å². The summed E-state index contributed by atoms with van der Waals surface area (Å²) in [6.45, 7) is 3.95. The van der Waals surface area contributed by atoms with Crippen molar-refractivity contribution in [2.45, 2.75) is 0 Å². The monoisotopic (exact) mass is 294 g/mol. The van der Waals surface area contributed by atoms with Crippen molar-refractivity contribution in [1.82, 2.24) is 0 Å². The van der Waals surface area contributed by atoms with Gasteiger partial charge in [-0.25, -0.2) is 0 Å². The van der Waals surface area contributed by atoms with Gasteiger partial charge in [0.2, 0.25) is 5.78 Å². The number of hydrogen-bond acceptors (Lipinski definition) is 3. The number of benzene rings is 2. The third-order valence-corrected chi connectivity index (χ3v) is 4.46. The van der Waals surface area contributed by atoms with E-state index in [1.165, 1.54) is 11.3 Å². The molecule has 0 unspecified atom stereocenters. The van der Waals surface area contributed by atoms with Crippen LogP contribution in [0.25, 0.3) is 15.7 Å². The van der Waals surface area contributed by atoms with Crippen molar-refractivity contribution in [3.05, 3.63) is 71.6 Å². The number of carbonyl (C=O) groups excluding carboxylic acids is 1. The molecule has 0 aliphatic heterocycles. The Morgan fingerprint density at radius 3 is 2.67 bits per heavy atom. The molecule has 3 heteroatoms. The first-order valence-electron chi connectivity index (χ1n) is 6.55. The number of fused-ring (bicyclic) bond motifs is 1. The number of ketones is 1. The van der Waals surface area contributed by atoms with Crippen LogP contribution in [0.15, 0.2) is 61.2 Å². The van der Waals surface area contributed by atoms with Crippen molar-refractivity contribution in [2.24, 2.45) is 0 Å². The normalized spacial score (nSPS) is 10.5. The topological polar surface area (TPSA) is 26.3 Å². The third-order valence-electron chi connectivity index (χ3n) is 3.34. The second-order valence-corrected chi connectivity index (χ2v) is 5.77. The molecule has 0 aliphatic carbocycles. The lowest BCUT2D eigenvalue weighted by molar-refractivity contribution is 0.106. The van der Waals surface area contributed by atoms with E-state index in [4.69, 9.17) is 4.74 Å². The van der Waals surface area contributed by atoms with Crippen LogP contribution >= 0.6 is 11.3 Å². The minimum atomic E-state index is -0.0375. The maximum Gasteiger partial charge on any atom is 0.202 e. The molecule has 0 spiro atoms. The quantitative estimate of drug-likeness (QED) is 0.510. The highest BCUT2D eigenvalue weighted by molar-refractivity contribution is 7.21. The van der Waals surface area contributed by atoms with Gasteiger partial charge in [0, 0.05) is 10.3 Å². The fourth-order valence-corrected chi connectivity index (χ4v) is 3.21. The highest BCUT2D eigenvalue weighted by Gasteiger charge is 2.15. The lowest BCUT2D eigenvalue weighted by atomic mass is 10.0. The van der Waals surface area contributed by atoms with E-state index in [9.17, 15) is 4.79 Å². The lowest BCUT2D eigenvalue weighted by Crippen LogP contribution is -1.99. The first kappa shape index (κ1) is 13.6. The van der Waals surface area contributed by atoms with Crippen LogP contribution in [0.2, 0.25) is 0 Å². The maximum atomic E-state index is 12.6. The molecule has 0 saturated carbocycles. The standard InChI is InChI=1S/C18H14O2S/c1-12(13-7-5-8-15(10-13)20-2)18(19)17-11-14-6-3-4-9-16(14)21-17/h3-11H,1H2,2H3. The molecule has 0 saturated heterocycles. The number of allylic oxidation sites excluding steroid dienone is 1. The Balaban J connectivity index is 1.95. The first-order chi connectivity index (χ1) is 10.2. The number of hydrogen-bond donors (Lipinski definition) is 0. The number of carbonyl (C=O) groups is 1. The molecular weight excluding hydrogens is 280 g/mol. The van der Waals surface area contributed by atoms with Crippen molar-refractivity contribution in [1.29, 1.82) is 0 Å². The van der Waals surface area contributed by atoms with E-state index in [1.807, 2.05) is 54.6 Å². The number of ether oxygens (including phenoxy) is 1. The Morgan fingerprint density at radius 2 is 1.90 bits per heavy atom. The van der Waals surface area contributed by atoms with Gasteiger partial charge in [0.25, 0.3) is 0 Å². The Kier molecular flexibility index (Phi) is 3.59. The number of Topliss-reactive ketones (excluding diaryl/α,β-unsaturated/α-hetero) is 1. The zero-order valence-corrected chi connectivity index (χ0v) is 12.4. The van der Waals surface area contributed by atoms with Crippen molar-refractivity contribution in [3.63, 3.8) is 0 Å². The van der Waals surface area contributed by atoms with Crippen LogP contribution in [-0.4, -0.2) is 12.9 Å². The van der Waals surface area contributed by atoms with Crippen LogP contribution in [0.3, 0.4) is 0 Å². The summed E-state index contributed by atoms with van der Waals surface area (Å²) in [5.41, 5.74) is 1.28. The van der Waals surface area contributed by atoms with Crippen LogP contribution in [0.1, 0.15) is 15.2 Å². The lowest BCUT2D eigenvalue weighted by Gasteiger charge is -2.05. The van der Waals surface area contributed by atoms with Gasteiger partial charge in [-0.2, -0.15) is 0 Å². The predicted octanol–water partition coefficient (Wildman–Crippen LogP) is 4.81. The van der Waals surface area contributed by atoms with Crippen LogP contribution in [-0.2, 0) is 0 Å². The average Bonchev–Trinajstić information content (AvgIpc) is 2.97. The Bertz CT molecular complexity index is 797. The number of thiophene rings is 1. The van der Waals surface area contributed by atoms with E-state index in [0.717, 1.165) is 21.4 Å². The van der Waals surface area contributed by atoms with E-state index in [1.54, 1.807) is 7.11 Å². The highest BCUT2D eigenvalue weighted by atomic mass is 32.1. The van der Waals surface area contributed by atoms with Gasteiger partial charge in [0.15, 0.2) is 0 Å². The Morgan fingerprint density at radius 1 is 1.10 bits per heavy atom. The number of methoxy groups -OCH3 is 1. The SMILES string of the molecule is C=C(C(=O)c1cc2ccccc2s1)c1cccc(OC)c1. The van der Waals surface area contributed by atoms with Gasteiger partial charge in [-0.05, 0) is 35.2 Å². The molecule has 2 nitrogen and oxygen atoms in total. The van der Waals surface area contributed by atoms with Crippen molar-refractivity contribution >= 4 is 32.8 Å². The molecule has 0 radical (unpaired) electrons. The van der Waals surface area contributed by atoms with E-state index < -0.39 is 0 Å². The zero-order chi connectivity index (χ0) is 14.8. The van der Waals surface area contributed by atoms with E-state index >= 15 is 0 Å². The Hall–Kier alpha value is -2.39. The summed E-state index contributed by atoms with van der Waals surface area (Å²) in [5, 5.41) is 1.09. The van der Waals surface area contributed by atoms with E-state index in [-0.39, 0.29) is 5.78 Å². The molecule has 104 valence electrons. The molecule has 0 amide bonds. The predicted molar refractivity (Wildman–Crippen MR) is 88.2 cm³/mol. The number of rotatable bonds is 4. The summed E-state index contributed by atoms with van der Waals surface area (Å²) in [4.78, 5) is 13.3. The molecule has 1 heterocycles. The summed E-state index contributed by atoms with van der Waals surface area (Å²) in [6.07, 6.45) is 0. The van der Waals surface area contributed by atoms with Crippen LogP contribution in [0.5, 0.6) is 5.75 Å². The first-order valence-corrected chi connectivity index (χ1v) is 7.37. The second-order valence-electron chi connectivity index (χ2n) is 4.69. The summed E-state index contributed by atoms with van der Waals surface area (Å²) >= 11 is 1.50. The second kappa shape index (κ2) is 5.54. The molecule has 0 fully saturated rings. The van der Waals surface area contributed by atoms with Crippen LogP contribution in [0, 0.1) is 0 Å². The largest absolute Gasteiger partial charge is 0.497 e. The molecule has 1 aromatic heterocycles. The average molecular weight is 294 g/mol. The molecule has 0 N–H and O–H groups in total. The van der Waals surface area contributed by atoms with Gasteiger partial charge in [0.1, 0.15) is 5.75 Å². The van der Waals surface area contributed by atoms with Gasteiger partial charge in [0.05, 0.1) is 12.0 Å². The minimum Gasteiger partial charge on any atom is -0.497 e. The maximum absolute atomic E-state index is 12.6. The fraction of sp³-hybridized carbons (Fsp3) is 0.0556. The molecule has 2 aromatic carbocycles. The van der Waals surface area contributed by atoms with Gasteiger partial charge in [-0.3, -0.25) is 4.79 Å². The van der Waals surface area contributed by atoms with Gasteiger partial charge < -0.3 is 4.74 Å². The Labute approximate surface area is 127 Å². The minimum absolute atomic E-state index is 0.0375. The third kappa shape index (κ3) is 2.60. The smallest absolute Gasteiger partial charge is 0.202 e. The van der Waals surface area contributed by atoms with Crippen LogP contribution < -0.4 is 4.74 Å². The van der Waals surface area contributed by atoms with Gasteiger partial charge in [-0.15, -0.1) is 11.3 Å². The van der Waals surface area contributed by atoms with Crippen molar-refractivity contribution in [3.8, 4) is 5.75 Å². The van der Waals surface area contributed by atoms with E-state index in [2.05, 4.69) is 6.58 Å². The summed E-state index contributed by atoms with van der Waals surface area (Å²) in [7, 11) is 1.61. The highest BCUT2D eigenvalue weighted by Crippen LogP contribution is 2.29. The fourth-order valence-electron chi connectivity index (χ4n) is 2.18. The van der Waals surface area contributed by atoms with Crippen molar-refractivity contribution < 1.29 is 9.53 Å². The van der Waals surface area contributed by atoms with Gasteiger partial charge in [-0.1, -0.05) is 36.9 Å². The molecule has 3 aromatic rings. The molecule has 0 bridgehead atoms. The van der Waals surface area contributed by atoms with Crippen molar-refractivity contribution in [2.75, 3.05) is 7.11 Å².